The van der Waals surface area contributed by atoms with Crippen molar-refractivity contribution in [2.75, 3.05) is 19.7 Å². The SMILES string of the molecule is CCCCCCCCCCCCCCCCCC(=O)OCC.CCNCC. The Kier molecular flexibility index (Phi) is 29.3. The summed E-state index contributed by atoms with van der Waals surface area (Å²) in [7, 11) is 0. The maximum Gasteiger partial charge on any atom is 0.305 e. The second-order valence-electron chi connectivity index (χ2n) is 7.46. The summed E-state index contributed by atoms with van der Waals surface area (Å²) in [6.07, 6.45) is 21.0. The molecule has 0 aromatic rings. The summed E-state index contributed by atoms with van der Waals surface area (Å²) < 4.78 is 4.92. The molecule has 1 N–H and O–H groups in total. The van der Waals surface area contributed by atoms with Gasteiger partial charge in [-0.15, -0.1) is 0 Å². The van der Waals surface area contributed by atoms with Gasteiger partial charge in [-0.25, -0.2) is 0 Å². The van der Waals surface area contributed by atoms with E-state index in [4.69, 9.17) is 4.74 Å². The van der Waals surface area contributed by atoms with Crippen LogP contribution in [0.4, 0.5) is 0 Å². The second-order valence-corrected chi connectivity index (χ2v) is 7.46. The van der Waals surface area contributed by atoms with Crippen molar-refractivity contribution in [1.29, 1.82) is 0 Å². The molecular formula is C24H51NO2. The van der Waals surface area contributed by atoms with E-state index < -0.39 is 0 Å². The van der Waals surface area contributed by atoms with Gasteiger partial charge in [0.15, 0.2) is 0 Å². The summed E-state index contributed by atoms with van der Waals surface area (Å²) in [4.78, 5) is 11.2. The number of rotatable bonds is 19. The Labute approximate surface area is 171 Å². The molecule has 164 valence electrons. The van der Waals surface area contributed by atoms with Crippen LogP contribution in [0.1, 0.15) is 130 Å². The highest BCUT2D eigenvalue weighted by Crippen LogP contribution is 2.13. The fraction of sp³-hybridized carbons (Fsp3) is 0.958. The summed E-state index contributed by atoms with van der Waals surface area (Å²) in [5.74, 6) is -0.0304. The molecule has 0 fully saturated rings. The topological polar surface area (TPSA) is 38.3 Å². The van der Waals surface area contributed by atoms with Crippen LogP contribution >= 0.6 is 0 Å². The molecule has 3 nitrogen and oxygen atoms in total. The van der Waals surface area contributed by atoms with Crippen molar-refractivity contribution in [2.45, 2.75) is 130 Å². The highest BCUT2D eigenvalue weighted by atomic mass is 16.5. The Morgan fingerprint density at radius 2 is 0.963 bits per heavy atom. The average molecular weight is 386 g/mol. The highest BCUT2D eigenvalue weighted by Gasteiger charge is 2.00. The normalized spacial score (nSPS) is 10.4. The Morgan fingerprint density at radius 3 is 1.26 bits per heavy atom. The van der Waals surface area contributed by atoms with Crippen LogP contribution in [0.25, 0.3) is 0 Å². The fourth-order valence-electron chi connectivity index (χ4n) is 3.12. The van der Waals surface area contributed by atoms with Crippen molar-refractivity contribution in [3.05, 3.63) is 0 Å². The summed E-state index contributed by atoms with van der Waals surface area (Å²) in [6, 6.07) is 0. The molecule has 3 heteroatoms. The van der Waals surface area contributed by atoms with Crippen molar-refractivity contribution >= 4 is 5.97 Å². The number of carbonyl (C=O) groups excluding carboxylic acids is 1. The van der Waals surface area contributed by atoms with Gasteiger partial charge in [-0.3, -0.25) is 4.79 Å². The first-order chi connectivity index (χ1) is 13.2. The van der Waals surface area contributed by atoms with E-state index in [1.807, 2.05) is 6.92 Å². The molecule has 0 spiro atoms. The van der Waals surface area contributed by atoms with Crippen LogP contribution in [-0.4, -0.2) is 25.7 Å². The van der Waals surface area contributed by atoms with Gasteiger partial charge < -0.3 is 10.1 Å². The number of hydrogen-bond acceptors (Lipinski definition) is 3. The molecular weight excluding hydrogens is 334 g/mol. The maximum absolute atomic E-state index is 11.2. The van der Waals surface area contributed by atoms with Crippen molar-refractivity contribution in [3.8, 4) is 0 Å². The molecule has 0 aromatic carbocycles. The van der Waals surface area contributed by atoms with E-state index in [-0.39, 0.29) is 5.97 Å². The lowest BCUT2D eigenvalue weighted by Gasteiger charge is -2.03. The second kappa shape index (κ2) is 27.6. The molecule has 27 heavy (non-hydrogen) atoms. The molecule has 0 aliphatic carbocycles. The minimum Gasteiger partial charge on any atom is -0.466 e. The van der Waals surface area contributed by atoms with Gasteiger partial charge in [0, 0.05) is 6.42 Å². The zero-order valence-electron chi connectivity index (χ0n) is 19.3. The van der Waals surface area contributed by atoms with Gasteiger partial charge in [-0.2, -0.15) is 0 Å². The molecule has 0 aromatic heterocycles. The molecule has 0 aliphatic heterocycles. The molecule has 0 aliphatic rings. The van der Waals surface area contributed by atoms with E-state index in [2.05, 4.69) is 26.1 Å². The third kappa shape index (κ3) is 30.4. The Morgan fingerprint density at radius 1 is 0.593 bits per heavy atom. The van der Waals surface area contributed by atoms with Crippen LogP contribution in [0.5, 0.6) is 0 Å². The predicted octanol–water partition coefficient (Wildman–Crippen LogP) is 7.43. The average Bonchev–Trinajstić information content (AvgIpc) is 2.66. The van der Waals surface area contributed by atoms with Crippen molar-refractivity contribution in [3.63, 3.8) is 0 Å². The van der Waals surface area contributed by atoms with Crippen molar-refractivity contribution in [1.82, 2.24) is 5.32 Å². The van der Waals surface area contributed by atoms with Crippen LogP contribution in [0.3, 0.4) is 0 Å². The van der Waals surface area contributed by atoms with Crippen LogP contribution in [0.15, 0.2) is 0 Å². The quantitative estimate of drug-likeness (QED) is 0.186. The first kappa shape index (κ1) is 28.6. The predicted molar refractivity (Wildman–Crippen MR) is 120 cm³/mol. The third-order valence-corrected chi connectivity index (χ3v) is 4.79. The van der Waals surface area contributed by atoms with Gasteiger partial charge in [-0.1, -0.05) is 111 Å². The van der Waals surface area contributed by atoms with Gasteiger partial charge in [0.25, 0.3) is 0 Å². The molecule has 0 atom stereocenters. The van der Waals surface area contributed by atoms with Gasteiger partial charge in [0.1, 0.15) is 0 Å². The Hall–Kier alpha value is -0.570. The molecule has 0 heterocycles. The first-order valence-corrected chi connectivity index (χ1v) is 12.1. The number of nitrogens with one attached hydrogen (secondary N) is 1. The van der Waals surface area contributed by atoms with E-state index >= 15 is 0 Å². The molecule has 0 saturated heterocycles. The Balaban J connectivity index is 0. The van der Waals surface area contributed by atoms with E-state index in [1.165, 1.54) is 89.9 Å². The zero-order valence-corrected chi connectivity index (χ0v) is 19.3. The number of esters is 1. The molecule has 0 rings (SSSR count). The number of carbonyl (C=O) groups is 1. The molecule has 0 radical (unpaired) electrons. The van der Waals surface area contributed by atoms with Gasteiger partial charge in [0.05, 0.1) is 6.61 Å². The largest absolute Gasteiger partial charge is 0.466 e. The smallest absolute Gasteiger partial charge is 0.305 e. The third-order valence-electron chi connectivity index (χ3n) is 4.79. The van der Waals surface area contributed by atoms with E-state index in [9.17, 15) is 4.79 Å². The summed E-state index contributed by atoms with van der Waals surface area (Å²) in [5, 5.41) is 3.11. The van der Waals surface area contributed by atoms with Gasteiger partial charge in [0.2, 0.25) is 0 Å². The van der Waals surface area contributed by atoms with Crippen LogP contribution in [0.2, 0.25) is 0 Å². The zero-order chi connectivity index (χ0) is 20.4. The standard InChI is InChI=1S/C20H40O2.C4H11N/c1-3-5-6-7-8-9-10-11-12-13-14-15-16-17-18-19-20(21)22-4-2;1-3-5-4-2/h3-19H2,1-2H3;5H,3-4H2,1-2H3. The molecule has 0 saturated carbocycles. The number of unbranched alkanes of at least 4 members (excludes halogenated alkanes) is 14. The van der Waals surface area contributed by atoms with Gasteiger partial charge >= 0.3 is 5.97 Å². The minimum atomic E-state index is -0.0304. The highest BCUT2D eigenvalue weighted by molar-refractivity contribution is 5.69. The number of hydrogen-bond donors (Lipinski definition) is 1. The summed E-state index contributed by atoms with van der Waals surface area (Å²) >= 11 is 0. The maximum atomic E-state index is 11.2. The molecule has 0 amide bonds. The Bertz CT molecular complexity index is 267. The van der Waals surface area contributed by atoms with E-state index in [1.54, 1.807) is 0 Å². The molecule has 0 unspecified atom stereocenters. The lowest BCUT2D eigenvalue weighted by Crippen LogP contribution is -2.09. The van der Waals surface area contributed by atoms with E-state index in [0.29, 0.717) is 13.0 Å². The summed E-state index contributed by atoms with van der Waals surface area (Å²) in [6.45, 7) is 11.0. The van der Waals surface area contributed by atoms with Crippen LogP contribution < -0.4 is 5.32 Å². The first-order valence-electron chi connectivity index (χ1n) is 12.1. The monoisotopic (exact) mass is 385 g/mol. The minimum absolute atomic E-state index is 0.0304. The van der Waals surface area contributed by atoms with Crippen molar-refractivity contribution in [2.24, 2.45) is 0 Å². The lowest BCUT2D eigenvalue weighted by atomic mass is 10.0. The fourth-order valence-corrected chi connectivity index (χ4v) is 3.12. The van der Waals surface area contributed by atoms with Gasteiger partial charge in [-0.05, 0) is 26.4 Å². The summed E-state index contributed by atoms with van der Waals surface area (Å²) in [5.41, 5.74) is 0. The van der Waals surface area contributed by atoms with Crippen LogP contribution in [-0.2, 0) is 9.53 Å². The lowest BCUT2D eigenvalue weighted by molar-refractivity contribution is -0.143. The van der Waals surface area contributed by atoms with Crippen LogP contribution in [0, 0.1) is 0 Å². The van der Waals surface area contributed by atoms with E-state index in [0.717, 1.165) is 19.5 Å². The molecule has 0 bridgehead atoms. The number of ether oxygens (including phenoxy) is 1. The van der Waals surface area contributed by atoms with Crippen molar-refractivity contribution < 1.29 is 9.53 Å².